The second kappa shape index (κ2) is 8.72. The molecule has 2 radical (unpaired) electrons. The van der Waals surface area contributed by atoms with Crippen LogP contribution in [0.5, 0.6) is 0 Å². The summed E-state index contributed by atoms with van der Waals surface area (Å²) in [5.41, 5.74) is 0. The first-order valence-corrected chi connectivity index (χ1v) is 5.51. The van der Waals surface area contributed by atoms with Crippen LogP contribution in [-0.2, 0) is 9.47 Å². The van der Waals surface area contributed by atoms with Crippen molar-refractivity contribution in [3.8, 4) is 0 Å². The summed E-state index contributed by atoms with van der Waals surface area (Å²) >= 11 is 1.35. The quantitative estimate of drug-likeness (QED) is 0.490. The zero-order valence-electron chi connectivity index (χ0n) is 5.93. The van der Waals surface area contributed by atoms with Gasteiger partial charge in [0.05, 0.1) is 0 Å². The number of ether oxygens (including phenoxy) is 2. The topological polar surface area (TPSA) is 18.5 Å². The van der Waals surface area contributed by atoms with Gasteiger partial charge in [-0.1, -0.05) is 0 Å². The van der Waals surface area contributed by atoms with E-state index in [0.29, 0.717) is 0 Å². The minimum atomic E-state index is 0.723. The Balaban J connectivity index is 2.60. The molecule has 0 aromatic rings. The average molecular weight is 237 g/mol. The third-order valence-electron chi connectivity index (χ3n) is 0.925. The van der Waals surface area contributed by atoms with Gasteiger partial charge < -0.3 is 0 Å². The molecule has 0 fully saturated rings. The number of methoxy groups -OCH3 is 1. The van der Waals surface area contributed by atoms with Crippen LogP contribution in [0.2, 0.25) is 4.44 Å². The first-order chi connectivity index (χ1) is 4.41. The number of hydrogen-bond donors (Lipinski definition) is 0. The van der Waals surface area contributed by atoms with Gasteiger partial charge in [-0.3, -0.25) is 0 Å². The number of hydrogen-bond acceptors (Lipinski definition) is 2. The van der Waals surface area contributed by atoms with Crippen LogP contribution < -0.4 is 0 Å². The molecule has 0 saturated heterocycles. The molecule has 0 unspecified atom stereocenters. The molecule has 0 aliphatic rings. The van der Waals surface area contributed by atoms with E-state index in [1.807, 2.05) is 0 Å². The molecule has 0 spiro atoms. The van der Waals surface area contributed by atoms with E-state index < -0.39 is 0 Å². The van der Waals surface area contributed by atoms with Gasteiger partial charge in [0.2, 0.25) is 0 Å². The van der Waals surface area contributed by atoms with Gasteiger partial charge >= 0.3 is 69.8 Å². The summed E-state index contributed by atoms with van der Waals surface area (Å²) in [4.78, 5) is 0. The predicted molar refractivity (Wildman–Crippen MR) is 39.3 cm³/mol. The van der Waals surface area contributed by atoms with E-state index in [4.69, 9.17) is 9.47 Å². The zero-order chi connectivity index (χ0) is 6.95. The second-order valence-corrected chi connectivity index (χ2v) is 3.40. The monoisotopic (exact) mass is 238 g/mol. The van der Waals surface area contributed by atoms with Gasteiger partial charge in [-0.2, -0.15) is 0 Å². The Morgan fingerprint density at radius 1 is 1.22 bits per heavy atom. The molecule has 0 bridgehead atoms. The fourth-order valence-corrected chi connectivity index (χ4v) is 0.905. The molecule has 0 aromatic carbocycles. The predicted octanol–water partition coefficient (Wildman–Crippen LogP) is 0.359. The third kappa shape index (κ3) is 8.72. The van der Waals surface area contributed by atoms with Crippen LogP contribution in [0.3, 0.4) is 0 Å². The Hall–Kier alpha value is 0.719. The molecule has 54 valence electrons. The van der Waals surface area contributed by atoms with Gasteiger partial charge in [-0.25, -0.2) is 0 Å². The standard InChI is InChI=1S/C6H13O2.Sn.H/c1-3-4-8-6-5-7-2;;/h1,3-6H2,2H3;;. The Morgan fingerprint density at radius 3 is 2.56 bits per heavy atom. The summed E-state index contributed by atoms with van der Waals surface area (Å²) in [5, 5.41) is 0. The van der Waals surface area contributed by atoms with E-state index in [-0.39, 0.29) is 0 Å². The Bertz CT molecular complexity index is 44.3. The summed E-state index contributed by atoms with van der Waals surface area (Å²) in [7, 11) is 1.69. The van der Waals surface area contributed by atoms with Crippen LogP contribution >= 0.6 is 0 Å². The van der Waals surface area contributed by atoms with E-state index in [1.165, 1.54) is 33.4 Å². The van der Waals surface area contributed by atoms with Gasteiger partial charge in [-0.05, 0) is 0 Å². The first-order valence-electron chi connectivity index (χ1n) is 3.18. The molecular weight excluding hydrogens is 223 g/mol. The summed E-state index contributed by atoms with van der Waals surface area (Å²) in [6, 6.07) is 0. The van der Waals surface area contributed by atoms with Crippen molar-refractivity contribution in [2.24, 2.45) is 0 Å². The van der Waals surface area contributed by atoms with Crippen LogP contribution in [-0.4, -0.2) is 49.5 Å². The molecule has 9 heavy (non-hydrogen) atoms. The van der Waals surface area contributed by atoms with Crippen molar-refractivity contribution in [2.75, 3.05) is 26.9 Å². The van der Waals surface area contributed by atoms with Crippen molar-refractivity contribution in [3.05, 3.63) is 0 Å². The van der Waals surface area contributed by atoms with E-state index in [1.54, 1.807) is 7.11 Å². The fourth-order valence-electron chi connectivity index (χ4n) is 0.430. The molecule has 2 nitrogen and oxygen atoms in total. The maximum absolute atomic E-state index is 5.21. The summed E-state index contributed by atoms with van der Waals surface area (Å²) < 4.78 is 11.3. The van der Waals surface area contributed by atoms with E-state index in [2.05, 4.69) is 0 Å². The Kier molecular flexibility index (Phi) is 9.41. The van der Waals surface area contributed by atoms with Gasteiger partial charge in [-0.15, -0.1) is 0 Å². The molecule has 3 heteroatoms. The molecular formula is C6H14O2Sn. The molecule has 0 aliphatic carbocycles. The minimum absolute atomic E-state index is 0.723. The molecule has 0 rings (SSSR count). The molecule has 0 N–H and O–H groups in total. The molecule has 0 aromatic heterocycles. The average Bonchev–Trinajstić information content (AvgIpc) is 1.89. The van der Waals surface area contributed by atoms with Crippen molar-refractivity contribution in [1.82, 2.24) is 0 Å². The van der Waals surface area contributed by atoms with Crippen LogP contribution in [0.1, 0.15) is 6.42 Å². The fraction of sp³-hybridized carbons (Fsp3) is 1.00. The second-order valence-electron chi connectivity index (χ2n) is 1.75. The Morgan fingerprint density at radius 2 is 2.00 bits per heavy atom. The van der Waals surface area contributed by atoms with Crippen molar-refractivity contribution in [1.29, 1.82) is 0 Å². The zero-order valence-corrected chi connectivity index (χ0v) is 9.23. The van der Waals surface area contributed by atoms with Crippen LogP contribution in [0.25, 0.3) is 0 Å². The normalized spacial score (nSPS) is 10.0. The molecule has 0 aliphatic heterocycles. The summed E-state index contributed by atoms with van der Waals surface area (Å²) in [5.74, 6) is 0. The van der Waals surface area contributed by atoms with Crippen molar-refractivity contribution < 1.29 is 9.47 Å². The van der Waals surface area contributed by atoms with E-state index >= 15 is 0 Å². The molecule has 0 heterocycles. The first kappa shape index (κ1) is 9.72. The van der Waals surface area contributed by atoms with Crippen molar-refractivity contribution in [3.63, 3.8) is 0 Å². The SMILES string of the molecule is COCCOCC[CH2][SnH]. The van der Waals surface area contributed by atoms with E-state index in [9.17, 15) is 0 Å². The van der Waals surface area contributed by atoms with Crippen LogP contribution in [0.4, 0.5) is 0 Å². The number of rotatable bonds is 6. The van der Waals surface area contributed by atoms with Gasteiger partial charge in [0.1, 0.15) is 0 Å². The molecule has 0 atom stereocenters. The Labute approximate surface area is 70.0 Å². The van der Waals surface area contributed by atoms with E-state index in [0.717, 1.165) is 19.8 Å². The van der Waals surface area contributed by atoms with Gasteiger partial charge in [0.25, 0.3) is 0 Å². The summed E-state index contributed by atoms with van der Waals surface area (Å²) in [6.45, 7) is 2.38. The maximum atomic E-state index is 5.21. The van der Waals surface area contributed by atoms with Crippen molar-refractivity contribution >= 4 is 22.5 Å². The van der Waals surface area contributed by atoms with Crippen LogP contribution in [0.15, 0.2) is 0 Å². The third-order valence-corrected chi connectivity index (χ3v) is 2.09. The molecule has 0 amide bonds. The summed E-state index contributed by atoms with van der Waals surface area (Å²) in [6.07, 6.45) is 1.21. The van der Waals surface area contributed by atoms with Crippen LogP contribution in [0, 0.1) is 0 Å². The van der Waals surface area contributed by atoms with Gasteiger partial charge in [0.15, 0.2) is 0 Å². The molecule has 0 saturated carbocycles. The van der Waals surface area contributed by atoms with Gasteiger partial charge in [0, 0.05) is 0 Å². The van der Waals surface area contributed by atoms with Crippen molar-refractivity contribution in [2.45, 2.75) is 10.9 Å².